The Morgan fingerprint density at radius 3 is 2.75 bits per heavy atom. The van der Waals surface area contributed by atoms with E-state index in [9.17, 15) is 9.59 Å². The molecule has 3 atom stereocenters. The van der Waals surface area contributed by atoms with Gasteiger partial charge in [-0.2, -0.15) is 0 Å². The number of carbonyl (C=O) groups excluding carboxylic acids is 1. The van der Waals surface area contributed by atoms with Crippen molar-refractivity contribution >= 4 is 12.1 Å². The molecule has 0 spiro atoms. The monoisotopic (exact) mass is 174 g/mol. The van der Waals surface area contributed by atoms with Crippen LogP contribution in [-0.2, 0) is 9.53 Å². The molecule has 1 aliphatic heterocycles. The number of carboxylic acids is 1. The molecular formula is C6H10N2O4. The first-order chi connectivity index (χ1) is 5.52. The first kappa shape index (κ1) is 8.79. The van der Waals surface area contributed by atoms with E-state index in [0.29, 0.717) is 0 Å². The van der Waals surface area contributed by atoms with Gasteiger partial charge in [-0.05, 0) is 6.92 Å². The number of ether oxygens (including phenoxy) is 1. The van der Waals surface area contributed by atoms with E-state index in [2.05, 4.69) is 10.1 Å². The smallest absolute Gasteiger partial charge is 0.407 e. The highest BCUT2D eigenvalue weighted by Gasteiger charge is 2.38. The first-order valence-electron chi connectivity index (χ1n) is 3.48. The lowest BCUT2D eigenvalue weighted by Crippen LogP contribution is -2.47. The topological polar surface area (TPSA) is 102 Å². The molecule has 6 nitrogen and oxygen atoms in total. The molecule has 0 aromatic heterocycles. The van der Waals surface area contributed by atoms with E-state index < -0.39 is 24.2 Å². The molecule has 4 N–H and O–H groups in total. The Kier molecular flexibility index (Phi) is 2.18. The van der Waals surface area contributed by atoms with Crippen LogP contribution in [-0.4, -0.2) is 35.4 Å². The lowest BCUT2D eigenvalue weighted by Gasteiger charge is -2.16. The molecule has 0 radical (unpaired) electrons. The Balaban J connectivity index is 2.63. The molecule has 1 aliphatic rings. The number of aliphatic carboxylic acids is 1. The van der Waals surface area contributed by atoms with Crippen molar-refractivity contribution in [2.75, 3.05) is 0 Å². The van der Waals surface area contributed by atoms with Gasteiger partial charge < -0.3 is 20.9 Å². The number of amides is 1. The number of nitrogens with two attached hydrogens (primary N) is 1. The van der Waals surface area contributed by atoms with Crippen molar-refractivity contribution in [2.45, 2.75) is 25.1 Å². The van der Waals surface area contributed by atoms with Crippen molar-refractivity contribution in [2.24, 2.45) is 5.73 Å². The zero-order valence-electron chi connectivity index (χ0n) is 6.48. The third-order valence-electron chi connectivity index (χ3n) is 1.72. The van der Waals surface area contributed by atoms with Crippen molar-refractivity contribution in [3.05, 3.63) is 0 Å². The minimum Gasteiger partial charge on any atom is -0.480 e. The molecule has 1 heterocycles. The Bertz CT molecular complexity index is 218. The third-order valence-corrected chi connectivity index (χ3v) is 1.72. The van der Waals surface area contributed by atoms with E-state index in [-0.39, 0.29) is 6.04 Å². The van der Waals surface area contributed by atoms with Gasteiger partial charge >= 0.3 is 12.1 Å². The van der Waals surface area contributed by atoms with E-state index in [1.807, 2.05) is 0 Å². The predicted molar refractivity (Wildman–Crippen MR) is 38.5 cm³/mol. The molecule has 0 aliphatic carbocycles. The van der Waals surface area contributed by atoms with Crippen LogP contribution in [0.2, 0.25) is 0 Å². The van der Waals surface area contributed by atoms with Crippen molar-refractivity contribution in [3.8, 4) is 0 Å². The molecule has 1 saturated heterocycles. The molecule has 1 amide bonds. The summed E-state index contributed by atoms with van der Waals surface area (Å²) in [5.41, 5.74) is 5.26. The highest BCUT2D eigenvalue weighted by molar-refractivity contribution is 5.77. The molecule has 1 fully saturated rings. The second-order valence-electron chi connectivity index (χ2n) is 2.67. The van der Waals surface area contributed by atoms with E-state index in [1.165, 1.54) is 0 Å². The molecule has 0 bridgehead atoms. The standard InChI is InChI=1S/C6H10N2O4/c1-2-4(3(7)5(9)10)12-6(11)8-2/h2-4H,7H2,1H3,(H,8,11)(H,9,10)/t2-,3+,4+/m1/s1. The average Bonchev–Trinajstić information content (AvgIpc) is 2.28. The minimum atomic E-state index is -1.18. The number of hydrogen-bond acceptors (Lipinski definition) is 4. The summed E-state index contributed by atoms with van der Waals surface area (Å²) in [4.78, 5) is 21.0. The van der Waals surface area contributed by atoms with Gasteiger partial charge in [0, 0.05) is 0 Å². The van der Waals surface area contributed by atoms with Gasteiger partial charge in [-0.1, -0.05) is 0 Å². The van der Waals surface area contributed by atoms with Gasteiger partial charge in [0.05, 0.1) is 6.04 Å². The number of hydrogen-bond donors (Lipinski definition) is 3. The summed E-state index contributed by atoms with van der Waals surface area (Å²) < 4.78 is 4.64. The normalized spacial score (nSPS) is 30.7. The summed E-state index contributed by atoms with van der Waals surface area (Å²) in [5.74, 6) is -1.18. The maximum Gasteiger partial charge on any atom is 0.407 e. The summed E-state index contributed by atoms with van der Waals surface area (Å²) in [6.07, 6.45) is -1.40. The Hall–Kier alpha value is -1.30. The summed E-state index contributed by atoms with van der Waals surface area (Å²) in [5, 5.41) is 10.9. The molecular weight excluding hydrogens is 164 g/mol. The summed E-state index contributed by atoms with van der Waals surface area (Å²) in [6, 6.07) is -1.53. The fraction of sp³-hybridized carbons (Fsp3) is 0.667. The lowest BCUT2D eigenvalue weighted by atomic mass is 10.1. The molecule has 1 rings (SSSR count). The molecule has 68 valence electrons. The number of nitrogens with one attached hydrogen (secondary N) is 1. The largest absolute Gasteiger partial charge is 0.480 e. The van der Waals surface area contributed by atoms with Gasteiger partial charge in [-0.25, -0.2) is 4.79 Å². The highest BCUT2D eigenvalue weighted by atomic mass is 16.6. The number of carbonyl (C=O) groups is 2. The SMILES string of the molecule is C[C@H]1NC(=O)O[C@@H]1[C@H](N)C(=O)O. The van der Waals surface area contributed by atoms with Crippen molar-refractivity contribution in [1.29, 1.82) is 0 Å². The zero-order valence-corrected chi connectivity index (χ0v) is 6.48. The summed E-state index contributed by atoms with van der Waals surface area (Å²) >= 11 is 0. The van der Waals surface area contributed by atoms with Gasteiger partial charge in [0.1, 0.15) is 12.1 Å². The fourth-order valence-corrected chi connectivity index (χ4v) is 1.05. The maximum atomic E-state index is 10.6. The summed E-state index contributed by atoms with van der Waals surface area (Å²) in [6.45, 7) is 1.64. The van der Waals surface area contributed by atoms with Crippen LogP contribution in [0.15, 0.2) is 0 Å². The van der Waals surface area contributed by atoms with Crippen LogP contribution in [0.1, 0.15) is 6.92 Å². The highest BCUT2D eigenvalue weighted by Crippen LogP contribution is 2.10. The van der Waals surface area contributed by atoms with Gasteiger partial charge in [-0.3, -0.25) is 4.79 Å². The lowest BCUT2D eigenvalue weighted by molar-refractivity contribution is -0.140. The number of cyclic esters (lactones) is 1. The van der Waals surface area contributed by atoms with Crippen LogP contribution < -0.4 is 11.1 Å². The molecule has 0 unspecified atom stereocenters. The number of rotatable bonds is 2. The van der Waals surface area contributed by atoms with Gasteiger partial charge in [0.25, 0.3) is 0 Å². The maximum absolute atomic E-state index is 10.6. The molecule has 12 heavy (non-hydrogen) atoms. The van der Waals surface area contributed by atoms with Crippen LogP contribution in [0.3, 0.4) is 0 Å². The van der Waals surface area contributed by atoms with Crippen LogP contribution in [0.25, 0.3) is 0 Å². The number of carboxylic acid groups (broad SMARTS) is 1. The van der Waals surface area contributed by atoms with Crippen molar-refractivity contribution < 1.29 is 19.4 Å². The Labute approximate surface area is 68.7 Å². The first-order valence-corrected chi connectivity index (χ1v) is 3.48. The fourth-order valence-electron chi connectivity index (χ4n) is 1.05. The zero-order chi connectivity index (χ0) is 9.30. The van der Waals surface area contributed by atoms with E-state index >= 15 is 0 Å². The van der Waals surface area contributed by atoms with Crippen LogP contribution in [0.5, 0.6) is 0 Å². The van der Waals surface area contributed by atoms with Gasteiger partial charge in [-0.15, -0.1) is 0 Å². The Morgan fingerprint density at radius 2 is 2.42 bits per heavy atom. The third kappa shape index (κ3) is 1.48. The number of alkyl carbamates (subject to hydrolysis) is 1. The molecule has 0 aromatic carbocycles. The van der Waals surface area contributed by atoms with Crippen LogP contribution in [0, 0.1) is 0 Å². The second kappa shape index (κ2) is 2.98. The van der Waals surface area contributed by atoms with Gasteiger partial charge in [0.15, 0.2) is 0 Å². The summed E-state index contributed by atoms with van der Waals surface area (Å²) in [7, 11) is 0. The van der Waals surface area contributed by atoms with Crippen molar-refractivity contribution in [3.63, 3.8) is 0 Å². The predicted octanol–water partition coefficient (Wildman–Crippen LogP) is -1.10. The van der Waals surface area contributed by atoms with Crippen LogP contribution >= 0.6 is 0 Å². The molecule has 6 heteroatoms. The van der Waals surface area contributed by atoms with E-state index in [4.69, 9.17) is 10.8 Å². The van der Waals surface area contributed by atoms with Crippen LogP contribution in [0.4, 0.5) is 4.79 Å². The van der Waals surface area contributed by atoms with Crippen molar-refractivity contribution in [1.82, 2.24) is 5.32 Å². The molecule has 0 aromatic rings. The minimum absolute atomic E-state index is 0.358. The van der Waals surface area contributed by atoms with E-state index in [0.717, 1.165) is 0 Å². The Morgan fingerprint density at radius 1 is 1.83 bits per heavy atom. The quantitative estimate of drug-likeness (QED) is 0.493. The van der Waals surface area contributed by atoms with Gasteiger partial charge in [0.2, 0.25) is 0 Å². The van der Waals surface area contributed by atoms with E-state index in [1.54, 1.807) is 6.92 Å². The molecule has 0 saturated carbocycles. The average molecular weight is 174 g/mol. The second-order valence-corrected chi connectivity index (χ2v) is 2.67.